The standard InChI is InChI=1S/C11H17NO/c1-9-6-10(2)8-11(7-9)12-4-5-13-3/h6-8,12H,4-5H2,1-3H3. The van der Waals surface area contributed by atoms with Crippen molar-refractivity contribution in [3.05, 3.63) is 29.3 Å². The van der Waals surface area contributed by atoms with Crippen molar-refractivity contribution < 1.29 is 4.74 Å². The molecule has 2 heteroatoms. The van der Waals surface area contributed by atoms with Gasteiger partial charge in [0.1, 0.15) is 0 Å². The second kappa shape index (κ2) is 4.87. The number of aryl methyl sites for hydroxylation is 2. The molecule has 0 saturated heterocycles. The van der Waals surface area contributed by atoms with Gasteiger partial charge in [-0.25, -0.2) is 0 Å². The Labute approximate surface area is 79.9 Å². The van der Waals surface area contributed by atoms with Crippen LogP contribution in [0.15, 0.2) is 18.2 Å². The molecule has 0 fully saturated rings. The monoisotopic (exact) mass is 179 g/mol. The van der Waals surface area contributed by atoms with Gasteiger partial charge in [0.2, 0.25) is 0 Å². The number of methoxy groups -OCH3 is 1. The molecule has 0 atom stereocenters. The van der Waals surface area contributed by atoms with Crippen LogP contribution in [0.5, 0.6) is 0 Å². The Morgan fingerprint density at radius 2 is 1.77 bits per heavy atom. The highest BCUT2D eigenvalue weighted by Gasteiger charge is 1.93. The van der Waals surface area contributed by atoms with E-state index in [2.05, 4.69) is 37.4 Å². The molecule has 0 amide bonds. The predicted octanol–water partition coefficient (Wildman–Crippen LogP) is 2.36. The molecule has 1 N–H and O–H groups in total. The van der Waals surface area contributed by atoms with Gasteiger partial charge >= 0.3 is 0 Å². The molecular formula is C11H17NO. The van der Waals surface area contributed by atoms with E-state index in [0.29, 0.717) is 0 Å². The molecule has 0 aromatic heterocycles. The zero-order valence-electron chi connectivity index (χ0n) is 8.55. The maximum atomic E-state index is 4.96. The molecule has 1 rings (SSSR count). The van der Waals surface area contributed by atoms with E-state index in [1.165, 1.54) is 16.8 Å². The number of anilines is 1. The minimum Gasteiger partial charge on any atom is -0.383 e. The lowest BCUT2D eigenvalue weighted by Crippen LogP contribution is -2.07. The van der Waals surface area contributed by atoms with Crippen molar-refractivity contribution in [3.8, 4) is 0 Å². The molecule has 0 saturated carbocycles. The zero-order valence-corrected chi connectivity index (χ0v) is 8.55. The van der Waals surface area contributed by atoms with Crippen molar-refractivity contribution in [2.24, 2.45) is 0 Å². The molecule has 0 radical (unpaired) electrons. The average molecular weight is 179 g/mol. The quantitative estimate of drug-likeness (QED) is 0.716. The minimum atomic E-state index is 0.743. The van der Waals surface area contributed by atoms with E-state index in [1.54, 1.807) is 7.11 Å². The Morgan fingerprint density at radius 1 is 1.15 bits per heavy atom. The Hall–Kier alpha value is -1.02. The summed E-state index contributed by atoms with van der Waals surface area (Å²) in [6.07, 6.45) is 0. The van der Waals surface area contributed by atoms with Gasteiger partial charge in [0.05, 0.1) is 6.61 Å². The number of nitrogens with one attached hydrogen (secondary N) is 1. The zero-order chi connectivity index (χ0) is 9.68. The minimum absolute atomic E-state index is 0.743. The van der Waals surface area contributed by atoms with Gasteiger partial charge in [-0.3, -0.25) is 0 Å². The van der Waals surface area contributed by atoms with Gasteiger partial charge in [0.15, 0.2) is 0 Å². The first-order chi connectivity index (χ1) is 6.22. The van der Waals surface area contributed by atoms with Gasteiger partial charge in [-0.05, 0) is 37.1 Å². The van der Waals surface area contributed by atoms with Crippen molar-refractivity contribution in [3.63, 3.8) is 0 Å². The molecule has 72 valence electrons. The van der Waals surface area contributed by atoms with Crippen molar-refractivity contribution in [1.29, 1.82) is 0 Å². The first kappa shape index (κ1) is 10.1. The van der Waals surface area contributed by atoms with Crippen LogP contribution in [0.2, 0.25) is 0 Å². The third-order valence-electron chi connectivity index (χ3n) is 1.86. The average Bonchev–Trinajstić information content (AvgIpc) is 2.03. The lowest BCUT2D eigenvalue weighted by Gasteiger charge is -2.07. The molecule has 13 heavy (non-hydrogen) atoms. The summed E-state index contributed by atoms with van der Waals surface area (Å²) in [5.41, 5.74) is 3.76. The van der Waals surface area contributed by atoms with E-state index in [-0.39, 0.29) is 0 Å². The van der Waals surface area contributed by atoms with Crippen LogP contribution in [0.1, 0.15) is 11.1 Å². The number of rotatable bonds is 4. The molecule has 0 aliphatic heterocycles. The Bertz CT molecular complexity index is 251. The second-order valence-corrected chi connectivity index (χ2v) is 3.30. The van der Waals surface area contributed by atoms with Crippen LogP contribution >= 0.6 is 0 Å². The van der Waals surface area contributed by atoms with Gasteiger partial charge < -0.3 is 10.1 Å². The Balaban J connectivity index is 2.56. The van der Waals surface area contributed by atoms with Crippen molar-refractivity contribution in [2.45, 2.75) is 13.8 Å². The molecular weight excluding hydrogens is 162 g/mol. The Morgan fingerprint density at radius 3 is 2.31 bits per heavy atom. The SMILES string of the molecule is COCCNc1cc(C)cc(C)c1. The second-order valence-electron chi connectivity index (χ2n) is 3.30. The maximum Gasteiger partial charge on any atom is 0.0635 e. The fraction of sp³-hybridized carbons (Fsp3) is 0.455. The largest absolute Gasteiger partial charge is 0.383 e. The van der Waals surface area contributed by atoms with Gasteiger partial charge in [-0.15, -0.1) is 0 Å². The maximum absolute atomic E-state index is 4.96. The summed E-state index contributed by atoms with van der Waals surface area (Å²) < 4.78 is 4.96. The summed E-state index contributed by atoms with van der Waals surface area (Å²) in [5, 5.41) is 3.30. The third-order valence-corrected chi connectivity index (χ3v) is 1.86. The van der Waals surface area contributed by atoms with Crippen molar-refractivity contribution in [2.75, 3.05) is 25.6 Å². The van der Waals surface area contributed by atoms with Crippen molar-refractivity contribution >= 4 is 5.69 Å². The first-order valence-electron chi connectivity index (χ1n) is 4.53. The van der Waals surface area contributed by atoms with Crippen LogP contribution in [0.3, 0.4) is 0 Å². The lowest BCUT2D eigenvalue weighted by molar-refractivity contribution is 0.211. The van der Waals surface area contributed by atoms with Gasteiger partial charge in [0.25, 0.3) is 0 Å². The molecule has 0 aliphatic rings. The number of ether oxygens (including phenoxy) is 1. The molecule has 0 spiro atoms. The molecule has 0 unspecified atom stereocenters. The first-order valence-corrected chi connectivity index (χ1v) is 4.53. The van der Waals surface area contributed by atoms with Crippen LogP contribution in [0, 0.1) is 13.8 Å². The smallest absolute Gasteiger partial charge is 0.0635 e. The van der Waals surface area contributed by atoms with E-state index in [4.69, 9.17) is 4.74 Å². The van der Waals surface area contributed by atoms with Crippen LogP contribution < -0.4 is 5.32 Å². The van der Waals surface area contributed by atoms with E-state index in [9.17, 15) is 0 Å². The highest BCUT2D eigenvalue weighted by molar-refractivity contribution is 5.48. The van der Waals surface area contributed by atoms with Gasteiger partial charge in [-0.1, -0.05) is 6.07 Å². The van der Waals surface area contributed by atoms with E-state index >= 15 is 0 Å². The van der Waals surface area contributed by atoms with Crippen LogP contribution in [0.25, 0.3) is 0 Å². The summed E-state index contributed by atoms with van der Waals surface area (Å²) in [4.78, 5) is 0. The summed E-state index contributed by atoms with van der Waals surface area (Å²) in [6, 6.07) is 6.45. The van der Waals surface area contributed by atoms with E-state index < -0.39 is 0 Å². The van der Waals surface area contributed by atoms with Crippen LogP contribution in [0.4, 0.5) is 5.69 Å². The molecule has 0 aliphatic carbocycles. The topological polar surface area (TPSA) is 21.3 Å². The fourth-order valence-electron chi connectivity index (χ4n) is 1.37. The summed E-state index contributed by atoms with van der Waals surface area (Å²) in [6.45, 7) is 5.81. The summed E-state index contributed by atoms with van der Waals surface area (Å²) in [7, 11) is 1.71. The number of benzene rings is 1. The molecule has 1 aromatic carbocycles. The van der Waals surface area contributed by atoms with E-state index in [0.717, 1.165) is 13.2 Å². The van der Waals surface area contributed by atoms with Crippen LogP contribution in [-0.4, -0.2) is 20.3 Å². The Kier molecular flexibility index (Phi) is 3.77. The summed E-state index contributed by atoms with van der Waals surface area (Å²) in [5.74, 6) is 0. The third kappa shape index (κ3) is 3.47. The highest BCUT2D eigenvalue weighted by atomic mass is 16.5. The van der Waals surface area contributed by atoms with E-state index in [1.807, 2.05) is 0 Å². The van der Waals surface area contributed by atoms with Crippen LogP contribution in [-0.2, 0) is 4.74 Å². The number of hydrogen-bond donors (Lipinski definition) is 1. The molecule has 0 heterocycles. The molecule has 1 aromatic rings. The predicted molar refractivity (Wildman–Crippen MR) is 56.3 cm³/mol. The molecule has 0 bridgehead atoms. The highest BCUT2D eigenvalue weighted by Crippen LogP contribution is 2.12. The molecule has 2 nitrogen and oxygen atoms in total. The van der Waals surface area contributed by atoms with Gasteiger partial charge in [-0.2, -0.15) is 0 Å². The lowest BCUT2D eigenvalue weighted by atomic mass is 10.1. The number of hydrogen-bond acceptors (Lipinski definition) is 2. The van der Waals surface area contributed by atoms with Gasteiger partial charge in [0, 0.05) is 19.3 Å². The fourth-order valence-corrected chi connectivity index (χ4v) is 1.37. The van der Waals surface area contributed by atoms with Crippen molar-refractivity contribution in [1.82, 2.24) is 0 Å². The normalized spacial score (nSPS) is 10.1. The summed E-state index contributed by atoms with van der Waals surface area (Å²) >= 11 is 0.